The molecule has 0 bridgehead atoms. The zero-order valence-electron chi connectivity index (χ0n) is 13.7. The van der Waals surface area contributed by atoms with Crippen LogP contribution in [0.3, 0.4) is 0 Å². The van der Waals surface area contributed by atoms with Crippen LogP contribution in [0.4, 0.5) is 5.69 Å². The van der Waals surface area contributed by atoms with E-state index in [1.54, 1.807) is 12.1 Å². The monoisotopic (exact) mass is 359 g/mol. The number of rotatable bonds is 5. The average molecular weight is 359 g/mol. The Morgan fingerprint density at radius 3 is 2.36 bits per heavy atom. The first-order valence-electron chi connectivity index (χ1n) is 7.64. The number of anilines is 1. The Kier molecular flexibility index (Phi) is 4.45. The molecular weight excluding hydrogens is 342 g/mol. The second-order valence-electron chi connectivity index (χ2n) is 5.81. The van der Waals surface area contributed by atoms with E-state index in [9.17, 15) is 13.2 Å². The molecule has 2 N–H and O–H groups in total. The third-order valence-electron chi connectivity index (χ3n) is 3.61. The van der Waals surface area contributed by atoms with E-state index in [-0.39, 0.29) is 16.4 Å². The highest BCUT2D eigenvalue weighted by molar-refractivity contribution is 7.92. The topological polar surface area (TPSA) is 105 Å². The fourth-order valence-corrected chi connectivity index (χ4v) is 3.22. The van der Waals surface area contributed by atoms with Crippen molar-refractivity contribution < 1.29 is 12.8 Å². The summed E-state index contributed by atoms with van der Waals surface area (Å²) < 4.78 is 32.7. The minimum absolute atomic E-state index is 0.233. The Hall–Kier alpha value is -2.87. The molecule has 7 nitrogen and oxygen atoms in total. The molecule has 130 valence electrons. The standard InChI is InChI=1S/C17H17N3O4S/c1-11(2)12-3-5-13(6-4-12)20-25(22,23)17-10-8-15(24-17)14-7-9-16(21)19-18-14/h3-11,20H,1-2H3,(H,19,21). The van der Waals surface area contributed by atoms with Crippen LogP contribution in [0.2, 0.25) is 0 Å². The van der Waals surface area contributed by atoms with Gasteiger partial charge in [-0.2, -0.15) is 13.5 Å². The van der Waals surface area contributed by atoms with Crippen molar-refractivity contribution in [3.63, 3.8) is 0 Å². The molecule has 1 aromatic carbocycles. The number of aromatic nitrogens is 2. The summed E-state index contributed by atoms with van der Waals surface area (Å²) in [6.07, 6.45) is 0. The van der Waals surface area contributed by atoms with Gasteiger partial charge in [0, 0.05) is 11.8 Å². The number of H-pyrrole nitrogens is 1. The predicted molar refractivity (Wildman–Crippen MR) is 93.9 cm³/mol. The molecule has 2 heterocycles. The first-order chi connectivity index (χ1) is 11.8. The van der Waals surface area contributed by atoms with Gasteiger partial charge >= 0.3 is 0 Å². The maximum Gasteiger partial charge on any atom is 0.295 e. The Balaban J connectivity index is 1.83. The summed E-state index contributed by atoms with van der Waals surface area (Å²) in [4.78, 5) is 11.0. The number of hydrogen-bond donors (Lipinski definition) is 2. The molecule has 0 aliphatic rings. The number of nitrogens with zero attached hydrogens (tertiary/aromatic N) is 1. The van der Waals surface area contributed by atoms with E-state index < -0.39 is 10.0 Å². The summed E-state index contributed by atoms with van der Waals surface area (Å²) >= 11 is 0. The summed E-state index contributed by atoms with van der Waals surface area (Å²) in [7, 11) is -3.86. The highest BCUT2D eigenvalue weighted by Crippen LogP contribution is 2.24. The van der Waals surface area contributed by atoms with Crippen molar-refractivity contribution in [1.29, 1.82) is 0 Å². The van der Waals surface area contributed by atoms with E-state index >= 15 is 0 Å². The number of aromatic amines is 1. The van der Waals surface area contributed by atoms with Gasteiger partial charge in [0.1, 0.15) is 5.69 Å². The van der Waals surface area contributed by atoms with Crippen molar-refractivity contribution in [2.24, 2.45) is 0 Å². The molecule has 0 atom stereocenters. The van der Waals surface area contributed by atoms with Gasteiger partial charge in [0.15, 0.2) is 5.76 Å². The Bertz CT molecular complexity index is 1010. The number of furan rings is 1. The first kappa shape index (κ1) is 17.0. The Morgan fingerprint density at radius 1 is 1.04 bits per heavy atom. The molecule has 3 aromatic rings. The predicted octanol–water partition coefficient (Wildman–Crippen LogP) is 2.95. The van der Waals surface area contributed by atoms with E-state index in [0.717, 1.165) is 5.56 Å². The molecule has 2 aromatic heterocycles. The number of sulfonamides is 1. The molecular formula is C17H17N3O4S. The van der Waals surface area contributed by atoms with Gasteiger partial charge < -0.3 is 4.42 Å². The molecule has 0 amide bonds. The zero-order valence-corrected chi connectivity index (χ0v) is 14.5. The highest BCUT2D eigenvalue weighted by atomic mass is 32.2. The van der Waals surface area contributed by atoms with Crippen LogP contribution in [0, 0.1) is 0 Å². The van der Waals surface area contributed by atoms with E-state index in [2.05, 4.69) is 28.8 Å². The van der Waals surface area contributed by atoms with Crippen molar-refractivity contribution in [2.45, 2.75) is 24.9 Å². The average Bonchev–Trinajstić information content (AvgIpc) is 3.06. The minimum Gasteiger partial charge on any atom is -0.441 e. The van der Waals surface area contributed by atoms with Crippen LogP contribution < -0.4 is 10.3 Å². The molecule has 3 rings (SSSR count). The van der Waals surface area contributed by atoms with E-state index in [0.29, 0.717) is 17.3 Å². The minimum atomic E-state index is -3.86. The van der Waals surface area contributed by atoms with Crippen LogP contribution in [0.25, 0.3) is 11.5 Å². The maximum absolute atomic E-state index is 12.4. The van der Waals surface area contributed by atoms with Gasteiger partial charge in [-0.1, -0.05) is 26.0 Å². The fourth-order valence-electron chi connectivity index (χ4n) is 2.23. The van der Waals surface area contributed by atoms with Gasteiger partial charge in [0.25, 0.3) is 15.6 Å². The summed E-state index contributed by atoms with van der Waals surface area (Å²) in [5.74, 6) is 0.606. The van der Waals surface area contributed by atoms with Gasteiger partial charge in [-0.3, -0.25) is 9.52 Å². The summed E-state index contributed by atoms with van der Waals surface area (Å²) in [6.45, 7) is 4.13. The van der Waals surface area contributed by atoms with Crippen LogP contribution in [-0.4, -0.2) is 18.6 Å². The second-order valence-corrected chi connectivity index (χ2v) is 7.42. The van der Waals surface area contributed by atoms with E-state index in [4.69, 9.17) is 4.42 Å². The third-order valence-corrected chi connectivity index (χ3v) is 4.86. The quantitative estimate of drug-likeness (QED) is 0.729. The normalized spacial score (nSPS) is 11.6. The molecule has 0 radical (unpaired) electrons. The molecule has 25 heavy (non-hydrogen) atoms. The van der Waals surface area contributed by atoms with Crippen LogP contribution in [0.15, 0.2) is 62.8 Å². The lowest BCUT2D eigenvalue weighted by Gasteiger charge is -2.08. The van der Waals surface area contributed by atoms with Crippen molar-refractivity contribution in [2.75, 3.05) is 4.72 Å². The van der Waals surface area contributed by atoms with Gasteiger partial charge in [0.05, 0.1) is 0 Å². The second kappa shape index (κ2) is 6.56. The highest BCUT2D eigenvalue weighted by Gasteiger charge is 2.20. The maximum atomic E-state index is 12.4. The van der Waals surface area contributed by atoms with Gasteiger partial charge in [-0.05, 0) is 41.8 Å². The van der Waals surface area contributed by atoms with Gasteiger partial charge in [-0.15, -0.1) is 0 Å². The molecule has 0 fully saturated rings. The molecule has 0 aliphatic carbocycles. The molecule has 0 unspecified atom stereocenters. The van der Waals surface area contributed by atoms with Crippen LogP contribution >= 0.6 is 0 Å². The summed E-state index contributed by atoms with van der Waals surface area (Å²) in [5.41, 5.74) is 1.55. The van der Waals surface area contributed by atoms with Crippen molar-refractivity contribution >= 4 is 15.7 Å². The lowest BCUT2D eigenvalue weighted by atomic mass is 10.0. The Morgan fingerprint density at radius 2 is 1.76 bits per heavy atom. The van der Waals surface area contributed by atoms with Crippen molar-refractivity contribution in [3.05, 3.63) is 64.4 Å². The number of hydrogen-bond acceptors (Lipinski definition) is 5. The summed E-state index contributed by atoms with van der Waals surface area (Å²) in [5, 5.41) is 5.84. The molecule has 0 spiro atoms. The Labute approximate surface area is 144 Å². The lowest BCUT2D eigenvalue weighted by molar-refractivity contribution is 0.461. The van der Waals surface area contributed by atoms with E-state index in [1.165, 1.54) is 24.3 Å². The fraction of sp³-hybridized carbons (Fsp3) is 0.176. The first-order valence-corrected chi connectivity index (χ1v) is 9.12. The lowest BCUT2D eigenvalue weighted by Crippen LogP contribution is -2.12. The zero-order chi connectivity index (χ0) is 18.0. The smallest absolute Gasteiger partial charge is 0.295 e. The molecule has 0 saturated carbocycles. The van der Waals surface area contributed by atoms with Crippen molar-refractivity contribution in [3.8, 4) is 11.5 Å². The number of nitrogens with one attached hydrogen (secondary N) is 2. The van der Waals surface area contributed by atoms with E-state index in [1.807, 2.05) is 12.1 Å². The molecule has 0 aliphatic heterocycles. The van der Waals surface area contributed by atoms with Crippen LogP contribution in [0.5, 0.6) is 0 Å². The van der Waals surface area contributed by atoms with Gasteiger partial charge in [0.2, 0.25) is 5.09 Å². The van der Waals surface area contributed by atoms with Gasteiger partial charge in [-0.25, -0.2) is 5.10 Å². The molecule has 0 saturated heterocycles. The van der Waals surface area contributed by atoms with Crippen LogP contribution in [-0.2, 0) is 10.0 Å². The third kappa shape index (κ3) is 3.80. The SMILES string of the molecule is CC(C)c1ccc(NS(=O)(=O)c2ccc(-c3ccc(=O)[nH]n3)o2)cc1. The summed E-state index contributed by atoms with van der Waals surface area (Å²) in [6, 6.07) is 12.7. The molecule has 8 heteroatoms. The largest absolute Gasteiger partial charge is 0.441 e. The number of benzene rings is 1. The van der Waals surface area contributed by atoms with Crippen molar-refractivity contribution in [1.82, 2.24) is 10.2 Å². The van der Waals surface area contributed by atoms with Crippen LogP contribution in [0.1, 0.15) is 25.3 Å².